The van der Waals surface area contributed by atoms with Gasteiger partial charge in [0.1, 0.15) is 6.61 Å². The number of carbonyl (C=O) groups excluding carboxylic acids is 1. The molecule has 0 unspecified atom stereocenters. The fourth-order valence-electron chi connectivity index (χ4n) is 2.53. The lowest BCUT2D eigenvalue weighted by Crippen LogP contribution is -2.45. The van der Waals surface area contributed by atoms with E-state index in [1.165, 1.54) is 6.42 Å². The molecule has 0 aromatic carbocycles. The van der Waals surface area contributed by atoms with E-state index in [4.69, 9.17) is 15.2 Å². The zero-order valence-electron chi connectivity index (χ0n) is 11.9. The summed E-state index contributed by atoms with van der Waals surface area (Å²) in [6.07, 6.45) is 5.33. The third-order valence-electron chi connectivity index (χ3n) is 3.83. The predicted molar refractivity (Wildman–Crippen MR) is 71.2 cm³/mol. The summed E-state index contributed by atoms with van der Waals surface area (Å²) in [7, 11) is 0. The van der Waals surface area contributed by atoms with Crippen LogP contribution in [0.2, 0.25) is 0 Å². The minimum Gasteiger partial charge on any atom is -0.461 e. The molecule has 4 heteroatoms. The van der Waals surface area contributed by atoms with Crippen molar-refractivity contribution in [1.29, 1.82) is 0 Å². The molecule has 0 heterocycles. The van der Waals surface area contributed by atoms with Crippen molar-refractivity contribution in [1.82, 2.24) is 0 Å². The van der Waals surface area contributed by atoms with Gasteiger partial charge >= 0.3 is 5.97 Å². The third-order valence-corrected chi connectivity index (χ3v) is 3.83. The van der Waals surface area contributed by atoms with Gasteiger partial charge in [-0.1, -0.05) is 13.3 Å². The lowest BCUT2D eigenvalue weighted by Gasteiger charge is -2.38. The molecule has 0 aromatic heterocycles. The Morgan fingerprint density at radius 2 is 2.00 bits per heavy atom. The highest BCUT2D eigenvalue weighted by Gasteiger charge is 2.35. The molecule has 0 aliphatic heterocycles. The summed E-state index contributed by atoms with van der Waals surface area (Å²) in [5.74, 6) is 0.492. The largest absolute Gasteiger partial charge is 0.461 e. The van der Waals surface area contributed by atoms with Gasteiger partial charge in [0.05, 0.1) is 11.7 Å². The standard InChI is InChI=1S/C14H27NO3/c1-4-12-5-7-14(10-15,8-6-12)17-9-13(16)18-11(2)3/h11-12H,4-10,15H2,1-3H3. The Balaban J connectivity index is 2.40. The van der Waals surface area contributed by atoms with Gasteiger partial charge in [-0.05, 0) is 45.4 Å². The molecule has 1 saturated carbocycles. The molecule has 1 aliphatic carbocycles. The zero-order valence-corrected chi connectivity index (χ0v) is 11.9. The van der Waals surface area contributed by atoms with E-state index >= 15 is 0 Å². The molecular formula is C14H27NO3. The van der Waals surface area contributed by atoms with Gasteiger partial charge in [-0.3, -0.25) is 0 Å². The summed E-state index contributed by atoms with van der Waals surface area (Å²) in [5, 5.41) is 0. The first kappa shape index (κ1) is 15.4. The number of rotatable bonds is 6. The van der Waals surface area contributed by atoms with Gasteiger partial charge in [0.25, 0.3) is 0 Å². The topological polar surface area (TPSA) is 61.5 Å². The van der Waals surface area contributed by atoms with Gasteiger partial charge in [-0.15, -0.1) is 0 Å². The Hall–Kier alpha value is -0.610. The van der Waals surface area contributed by atoms with Crippen LogP contribution in [-0.4, -0.2) is 30.8 Å². The second kappa shape index (κ2) is 7.10. The number of carbonyl (C=O) groups is 1. The highest BCUT2D eigenvalue weighted by atomic mass is 16.6. The molecule has 106 valence electrons. The number of esters is 1. The first-order valence-corrected chi connectivity index (χ1v) is 7.05. The second-order valence-electron chi connectivity index (χ2n) is 5.57. The van der Waals surface area contributed by atoms with E-state index in [0.29, 0.717) is 6.54 Å². The summed E-state index contributed by atoms with van der Waals surface area (Å²) in [6.45, 7) is 6.40. The first-order valence-electron chi connectivity index (χ1n) is 7.05. The van der Waals surface area contributed by atoms with E-state index in [1.54, 1.807) is 0 Å². The summed E-state index contributed by atoms with van der Waals surface area (Å²) in [4.78, 5) is 11.5. The monoisotopic (exact) mass is 257 g/mol. The molecule has 0 atom stereocenters. The van der Waals surface area contributed by atoms with E-state index in [2.05, 4.69) is 6.92 Å². The third kappa shape index (κ3) is 4.58. The molecule has 0 bridgehead atoms. The maximum Gasteiger partial charge on any atom is 0.332 e. The number of ether oxygens (including phenoxy) is 2. The smallest absolute Gasteiger partial charge is 0.332 e. The van der Waals surface area contributed by atoms with Crippen LogP contribution in [0, 0.1) is 5.92 Å². The molecule has 0 spiro atoms. The van der Waals surface area contributed by atoms with Crippen LogP contribution in [0.3, 0.4) is 0 Å². The van der Waals surface area contributed by atoms with Crippen LogP contribution in [0.5, 0.6) is 0 Å². The SMILES string of the molecule is CCC1CCC(CN)(OCC(=O)OC(C)C)CC1. The number of hydrogen-bond acceptors (Lipinski definition) is 4. The molecule has 0 amide bonds. The van der Waals surface area contributed by atoms with Gasteiger partial charge in [0, 0.05) is 6.54 Å². The van der Waals surface area contributed by atoms with Gasteiger partial charge in [0.2, 0.25) is 0 Å². The summed E-state index contributed by atoms with van der Waals surface area (Å²) < 4.78 is 10.8. The van der Waals surface area contributed by atoms with Crippen molar-refractivity contribution < 1.29 is 14.3 Å². The Morgan fingerprint density at radius 1 is 1.39 bits per heavy atom. The van der Waals surface area contributed by atoms with Gasteiger partial charge in [0.15, 0.2) is 0 Å². The molecule has 1 aliphatic rings. The van der Waals surface area contributed by atoms with E-state index in [1.807, 2.05) is 13.8 Å². The lowest BCUT2D eigenvalue weighted by molar-refractivity contribution is -0.162. The van der Waals surface area contributed by atoms with E-state index in [9.17, 15) is 4.79 Å². The summed E-state index contributed by atoms with van der Waals surface area (Å²) in [5.41, 5.74) is 5.53. The van der Waals surface area contributed by atoms with Crippen molar-refractivity contribution in [2.75, 3.05) is 13.2 Å². The zero-order chi connectivity index (χ0) is 13.6. The molecular weight excluding hydrogens is 230 g/mol. The van der Waals surface area contributed by atoms with Crippen LogP contribution in [0.1, 0.15) is 52.9 Å². The van der Waals surface area contributed by atoms with Crippen molar-refractivity contribution in [3.63, 3.8) is 0 Å². The Morgan fingerprint density at radius 3 is 2.44 bits per heavy atom. The molecule has 0 aromatic rings. The van der Waals surface area contributed by atoms with Gasteiger partial charge < -0.3 is 15.2 Å². The average Bonchev–Trinajstić information content (AvgIpc) is 2.36. The highest BCUT2D eigenvalue weighted by Crippen LogP contribution is 2.35. The van der Waals surface area contributed by atoms with Crippen molar-refractivity contribution >= 4 is 5.97 Å². The molecule has 0 saturated heterocycles. The maximum atomic E-state index is 11.5. The Labute approximate surface area is 110 Å². The van der Waals surface area contributed by atoms with Crippen LogP contribution < -0.4 is 5.73 Å². The quantitative estimate of drug-likeness (QED) is 0.741. The predicted octanol–water partition coefficient (Wildman–Crippen LogP) is 2.25. The van der Waals surface area contributed by atoms with E-state index in [0.717, 1.165) is 31.6 Å². The Bertz CT molecular complexity index is 258. The average molecular weight is 257 g/mol. The fraction of sp³-hybridized carbons (Fsp3) is 0.929. The normalized spacial score (nSPS) is 28.4. The fourth-order valence-corrected chi connectivity index (χ4v) is 2.53. The molecule has 1 rings (SSSR count). The van der Waals surface area contributed by atoms with E-state index in [-0.39, 0.29) is 24.3 Å². The van der Waals surface area contributed by atoms with E-state index < -0.39 is 0 Å². The van der Waals surface area contributed by atoms with Crippen LogP contribution in [0.4, 0.5) is 0 Å². The van der Waals surface area contributed by atoms with Crippen molar-refractivity contribution in [2.45, 2.75) is 64.6 Å². The summed E-state index contributed by atoms with van der Waals surface area (Å²) in [6, 6.07) is 0. The maximum absolute atomic E-state index is 11.5. The number of nitrogens with two attached hydrogens (primary N) is 1. The molecule has 18 heavy (non-hydrogen) atoms. The van der Waals surface area contributed by atoms with Crippen molar-refractivity contribution in [3.8, 4) is 0 Å². The van der Waals surface area contributed by atoms with Crippen LogP contribution in [0.25, 0.3) is 0 Å². The minimum atomic E-state index is -0.304. The minimum absolute atomic E-state index is 0.0200. The molecule has 2 N–H and O–H groups in total. The van der Waals surface area contributed by atoms with Gasteiger partial charge in [-0.25, -0.2) is 4.79 Å². The van der Waals surface area contributed by atoms with Crippen molar-refractivity contribution in [2.24, 2.45) is 11.7 Å². The van der Waals surface area contributed by atoms with Crippen LogP contribution in [-0.2, 0) is 14.3 Å². The van der Waals surface area contributed by atoms with Gasteiger partial charge in [-0.2, -0.15) is 0 Å². The Kier molecular flexibility index (Phi) is 6.09. The first-order chi connectivity index (χ1) is 8.51. The number of hydrogen-bond donors (Lipinski definition) is 1. The lowest BCUT2D eigenvalue weighted by atomic mass is 9.77. The van der Waals surface area contributed by atoms with Crippen molar-refractivity contribution in [3.05, 3.63) is 0 Å². The second-order valence-corrected chi connectivity index (χ2v) is 5.57. The summed E-state index contributed by atoms with van der Waals surface area (Å²) >= 11 is 0. The highest BCUT2D eigenvalue weighted by molar-refractivity contribution is 5.70. The molecule has 0 radical (unpaired) electrons. The van der Waals surface area contributed by atoms with Crippen LogP contribution >= 0.6 is 0 Å². The van der Waals surface area contributed by atoms with Crippen LogP contribution in [0.15, 0.2) is 0 Å². The molecule has 4 nitrogen and oxygen atoms in total. The molecule has 1 fully saturated rings.